The third kappa shape index (κ3) is 3.49. The molecular formula is C33H53NO4. The van der Waals surface area contributed by atoms with Crippen LogP contribution in [-0.4, -0.2) is 35.6 Å². The molecule has 5 aliphatic rings. The summed E-state index contributed by atoms with van der Waals surface area (Å²) in [5.41, 5.74) is 8.34. The lowest BCUT2D eigenvalue weighted by atomic mass is 9.33. The molecule has 0 aromatic carbocycles. The fourth-order valence-electron chi connectivity index (χ4n) is 11.7. The van der Waals surface area contributed by atoms with Gasteiger partial charge >= 0.3 is 5.97 Å². The van der Waals surface area contributed by atoms with Gasteiger partial charge in [-0.1, -0.05) is 54.0 Å². The highest BCUT2D eigenvalue weighted by molar-refractivity contribution is 6.00. The number of ether oxygens (including phenoxy) is 1. The Bertz CT molecular complexity index is 1050. The zero-order valence-corrected chi connectivity index (χ0v) is 25.3. The maximum absolute atomic E-state index is 13.5. The lowest BCUT2D eigenvalue weighted by Crippen LogP contribution is -2.66. The molecule has 38 heavy (non-hydrogen) atoms. The van der Waals surface area contributed by atoms with Crippen molar-refractivity contribution in [2.24, 2.45) is 56.5 Å². The average molecular weight is 528 g/mol. The van der Waals surface area contributed by atoms with Crippen molar-refractivity contribution in [2.75, 3.05) is 6.54 Å². The van der Waals surface area contributed by atoms with E-state index in [4.69, 9.17) is 10.5 Å². The third-order valence-electron chi connectivity index (χ3n) is 13.6. The summed E-state index contributed by atoms with van der Waals surface area (Å²) in [6.45, 7) is 18.4. The van der Waals surface area contributed by atoms with Crippen molar-refractivity contribution < 1.29 is 19.4 Å². The van der Waals surface area contributed by atoms with Crippen molar-refractivity contribution in [1.29, 1.82) is 0 Å². The summed E-state index contributed by atoms with van der Waals surface area (Å²) in [4.78, 5) is 25.4. The number of aliphatic hydroxyl groups is 1. The number of carbonyl (C=O) groups excluding carboxylic acids is 2. The molecule has 0 aliphatic heterocycles. The molecule has 4 saturated carbocycles. The minimum Gasteiger partial charge on any atom is -0.462 e. The lowest BCUT2D eigenvalue weighted by Gasteiger charge is -2.72. The van der Waals surface area contributed by atoms with Crippen LogP contribution in [-0.2, 0) is 14.3 Å². The zero-order valence-electron chi connectivity index (χ0n) is 25.3. The molecule has 0 aromatic rings. The van der Waals surface area contributed by atoms with E-state index in [1.54, 1.807) is 6.92 Å². The van der Waals surface area contributed by atoms with E-state index in [1.165, 1.54) is 12.0 Å². The Morgan fingerprint density at radius 2 is 1.66 bits per heavy atom. The van der Waals surface area contributed by atoms with Gasteiger partial charge in [0.1, 0.15) is 6.10 Å². The molecule has 0 aromatic heterocycles. The van der Waals surface area contributed by atoms with Crippen LogP contribution in [0.3, 0.4) is 0 Å². The molecule has 214 valence electrons. The zero-order chi connectivity index (χ0) is 28.1. The predicted octanol–water partition coefficient (Wildman–Crippen LogP) is 6.22. The van der Waals surface area contributed by atoms with Gasteiger partial charge in [0.25, 0.3) is 0 Å². The number of ketones is 1. The van der Waals surface area contributed by atoms with Gasteiger partial charge in [-0.3, -0.25) is 9.59 Å². The lowest BCUT2D eigenvalue weighted by molar-refractivity contribution is -0.234. The molecule has 5 rings (SSSR count). The molecule has 5 nitrogen and oxygen atoms in total. The van der Waals surface area contributed by atoms with Gasteiger partial charge in [0.2, 0.25) is 0 Å². The number of Topliss-reactive ketones (excluding diaryl/α,β-unsaturated/α-hetero) is 1. The van der Waals surface area contributed by atoms with Crippen molar-refractivity contribution in [3.05, 3.63) is 11.1 Å². The molecule has 9 atom stereocenters. The molecule has 3 N–H and O–H groups in total. The Hall–Kier alpha value is -1.20. The minimum atomic E-state index is -0.654. The van der Waals surface area contributed by atoms with Crippen molar-refractivity contribution in [3.63, 3.8) is 0 Å². The average Bonchev–Trinajstić information content (AvgIpc) is 3.14. The molecular weight excluding hydrogens is 474 g/mol. The van der Waals surface area contributed by atoms with Gasteiger partial charge in [-0.15, -0.1) is 0 Å². The third-order valence-corrected chi connectivity index (χ3v) is 13.6. The first kappa shape index (κ1) is 28.3. The highest BCUT2D eigenvalue weighted by Crippen LogP contribution is 2.77. The largest absolute Gasteiger partial charge is 0.462 e. The van der Waals surface area contributed by atoms with E-state index < -0.39 is 11.5 Å². The maximum Gasteiger partial charge on any atom is 0.302 e. The Morgan fingerprint density at radius 1 is 0.974 bits per heavy atom. The molecule has 0 spiro atoms. The molecule has 5 aliphatic carbocycles. The maximum atomic E-state index is 13.5. The number of carbonyl (C=O) groups is 2. The summed E-state index contributed by atoms with van der Waals surface area (Å²) in [6.07, 6.45) is 8.30. The SMILES string of the molecule is CC(=O)O[C@H]1CC[C@]2(C)[C@H]3CC[C@@H]4C5=C(C(C)C)C(=O)C[C@]5(C(O)CN)CC[C@@]4(C)[C@]3(C)CC[C@H]2C1(C)C. The second kappa shape index (κ2) is 8.90. The van der Waals surface area contributed by atoms with Crippen LogP contribution in [0.2, 0.25) is 0 Å². The first-order valence-electron chi connectivity index (χ1n) is 15.4. The number of allylic oxidation sites excluding steroid dienone is 1. The van der Waals surface area contributed by atoms with E-state index in [9.17, 15) is 14.7 Å². The molecule has 0 amide bonds. The first-order valence-corrected chi connectivity index (χ1v) is 15.4. The van der Waals surface area contributed by atoms with Crippen molar-refractivity contribution in [1.82, 2.24) is 0 Å². The quantitative estimate of drug-likeness (QED) is 0.424. The number of hydrogen-bond donors (Lipinski definition) is 2. The van der Waals surface area contributed by atoms with E-state index >= 15 is 0 Å². The predicted molar refractivity (Wildman–Crippen MR) is 150 cm³/mol. The highest BCUT2D eigenvalue weighted by atomic mass is 16.5. The second-order valence-electron chi connectivity index (χ2n) is 15.6. The van der Waals surface area contributed by atoms with Gasteiger partial charge < -0.3 is 15.6 Å². The standard InChI is InChI=1S/C33H53NO4/c1-19(2)27-22(36)17-33(25(37)18-34)16-15-31(7)21(28(27)33)9-10-24-30(6)13-12-26(38-20(3)35)29(4,5)23(30)11-14-32(24,31)8/h19,21,23-26,37H,9-18,34H2,1-8H3/t21-,23+,24-,25?,26+,30+,31-,32-,33+/m1/s1. The molecule has 1 unspecified atom stereocenters. The van der Waals surface area contributed by atoms with E-state index in [1.807, 2.05) is 0 Å². The molecule has 0 heterocycles. The number of fused-ring (bicyclic) bond motifs is 7. The van der Waals surface area contributed by atoms with Gasteiger partial charge in [0.15, 0.2) is 5.78 Å². The van der Waals surface area contributed by atoms with E-state index in [0.717, 1.165) is 50.5 Å². The summed E-state index contributed by atoms with van der Waals surface area (Å²) >= 11 is 0. The number of rotatable bonds is 4. The first-order chi connectivity index (χ1) is 17.6. The molecule has 0 radical (unpaired) electrons. The topological polar surface area (TPSA) is 89.6 Å². The molecule has 0 bridgehead atoms. The fourth-order valence-corrected chi connectivity index (χ4v) is 11.7. The van der Waals surface area contributed by atoms with Gasteiger partial charge in [0.05, 0.1) is 6.10 Å². The Labute approximate surface area is 230 Å². The summed E-state index contributed by atoms with van der Waals surface area (Å²) < 4.78 is 5.89. The summed E-state index contributed by atoms with van der Waals surface area (Å²) in [5.74, 6) is 1.70. The van der Waals surface area contributed by atoms with Crippen LogP contribution >= 0.6 is 0 Å². The van der Waals surface area contributed by atoms with E-state index in [-0.39, 0.29) is 52.0 Å². The number of nitrogens with two attached hydrogens (primary N) is 1. The fraction of sp³-hybridized carbons (Fsp3) is 0.879. The smallest absolute Gasteiger partial charge is 0.302 e. The normalized spacial score (nSPS) is 46.7. The van der Waals surface area contributed by atoms with E-state index in [0.29, 0.717) is 24.2 Å². The Balaban J connectivity index is 1.57. The van der Waals surface area contributed by atoms with Crippen molar-refractivity contribution in [2.45, 2.75) is 125 Å². The monoisotopic (exact) mass is 527 g/mol. The molecule has 5 heteroatoms. The Kier molecular flexibility index (Phi) is 6.63. The van der Waals surface area contributed by atoms with Gasteiger partial charge in [-0.05, 0) is 96.9 Å². The number of aliphatic hydroxyl groups excluding tert-OH is 1. The van der Waals surface area contributed by atoms with Crippen LogP contribution < -0.4 is 5.73 Å². The van der Waals surface area contributed by atoms with Gasteiger partial charge in [-0.2, -0.15) is 0 Å². The summed E-state index contributed by atoms with van der Waals surface area (Å²) in [5, 5.41) is 11.3. The highest BCUT2D eigenvalue weighted by Gasteiger charge is 2.70. The minimum absolute atomic E-state index is 0.00865. The van der Waals surface area contributed by atoms with Crippen molar-refractivity contribution in [3.8, 4) is 0 Å². The molecule has 0 saturated heterocycles. The number of esters is 1. The van der Waals surface area contributed by atoms with Crippen LogP contribution in [0, 0.1) is 50.7 Å². The Morgan fingerprint density at radius 3 is 2.26 bits per heavy atom. The summed E-state index contributed by atoms with van der Waals surface area (Å²) in [6, 6.07) is 0. The number of hydrogen-bond acceptors (Lipinski definition) is 5. The van der Waals surface area contributed by atoms with Crippen LogP contribution in [0.4, 0.5) is 0 Å². The van der Waals surface area contributed by atoms with Crippen LogP contribution in [0.15, 0.2) is 11.1 Å². The van der Waals surface area contributed by atoms with Gasteiger partial charge in [-0.25, -0.2) is 0 Å². The second-order valence-corrected chi connectivity index (χ2v) is 15.6. The van der Waals surface area contributed by atoms with Crippen LogP contribution in [0.1, 0.15) is 113 Å². The van der Waals surface area contributed by atoms with Crippen LogP contribution in [0.5, 0.6) is 0 Å². The van der Waals surface area contributed by atoms with Crippen LogP contribution in [0.25, 0.3) is 0 Å². The molecule has 4 fully saturated rings. The van der Waals surface area contributed by atoms with Gasteiger partial charge in [0, 0.05) is 30.7 Å². The van der Waals surface area contributed by atoms with E-state index in [2.05, 4.69) is 48.5 Å². The van der Waals surface area contributed by atoms with Crippen molar-refractivity contribution >= 4 is 11.8 Å². The summed E-state index contributed by atoms with van der Waals surface area (Å²) in [7, 11) is 0.